The van der Waals surface area contributed by atoms with E-state index in [1.54, 1.807) is 36.4 Å². The summed E-state index contributed by atoms with van der Waals surface area (Å²) in [5.41, 5.74) is 1.45. The maximum Gasteiger partial charge on any atom is 0.323 e. The maximum atomic E-state index is 13.2. The van der Waals surface area contributed by atoms with Gasteiger partial charge in [0.15, 0.2) is 0 Å². The van der Waals surface area contributed by atoms with Gasteiger partial charge < -0.3 is 20.4 Å². The van der Waals surface area contributed by atoms with Gasteiger partial charge in [0.1, 0.15) is 12.4 Å². The molecule has 0 spiro atoms. The summed E-state index contributed by atoms with van der Waals surface area (Å²) in [5.74, 6) is -2.04. The summed E-state index contributed by atoms with van der Waals surface area (Å²) in [4.78, 5) is 25.9. The molecule has 1 amide bonds. The molecule has 0 radical (unpaired) electrons. The van der Waals surface area contributed by atoms with Gasteiger partial charge in [0.05, 0.1) is 12.1 Å². The number of aliphatic hydroxyl groups is 1. The quantitative estimate of drug-likeness (QED) is 0.558. The highest BCUT2D eigenvalue weighted by molar-refractivity contribution is 6.30. The number of hydrogen-bond donors (Lipinski definition) is 3. The second-order valence-corrected chi connectivity index (χ2v) is 8.33. The Labute approximate surface area is 185 Å². The van der Waals surface area contributed by atoms with Gasteiger partial charge in [-0.2, -0.15) is 0 Å². The average molecular weight is 449 g/mol. The van der Waals surface area contributed by atoms with E-state index in [1.807, 2.05) is 0 Å². The van der Waals surface area contributed by atoms with Gasteiger partial charge in [-0.15, -0.1) is 0 Å². The molecule has 2 aromatic carbocycles. The van der Waals surface area contributed by atoms with Crippen molar-refractivity contribution in [1.29, 1.82) is 0 Å². The molecule has 3 N–H and O–H groups in total. The fourth-order valence-corrected chi connectivity index (χ4v) is 4.17. The van der Waals surface area contributed by atoms with Crippen LogP contribution in [0.15, 0.2) is 48.5 Å². The lowest BCUT2D eigenvalue weighted by atomic mass is 9.98. The van der Waals surface area contributed by atoms with E-state index in [4.69, 9.17) is 11.6 Å². The number of benzene rings is 2. The molecule has 3 atom stereocenters. The van der Waals surface area contributed by atoms with Gasteiger partial charge in [-0.1, -0.05) is 23.7 Å². The third-order valence-corrected chi connectivity index (χ3v) is 5.78. The fourth-order valence-electron chi connectivity index (χ4n) is 3.96. The molecule has 0 unspecified atom stereocenters. The lowest BCUT2D eigenvalue weighted by molar-refractivity contribution is -0.147. The molecule has 0 heterocycles. The molecule has 1 saturated carbocycles. The first-order chi connectivity index (χ1) is 14.8. The van der Waals surface area contributed by atoms with Gasteiger partial charge in [-0.25, -0.2) is 4.39 Å². The fraction of sp³-hybridized carbons (Fsp3) is 0.391. The third-order valence-electron chi connectivity index (χ3n) is 5.55. The van der Waals surface area contributed by atoms with Gasteiger partial charge in [0.2, 0.25) is 5.91 Å². The third kappa shape index (κ3) is 6.67. The Kier molecular flexibility index (Phi) is 7.87. The van der Waals surface area contributed by atoms with Crippen LogP contribution in [-0.2, 0) is 16.1 Å². The number of carbonyl (C=O) groups is 2. The van der Waals surface area contributed by atoms with Gasteiger partial charge in [0.25, 0.3) is 0 Å². The van der Waals surface area contributed by atoms with Crippen molar-refractivity contribution in [3.8, 4) is 0 Å². The van der Waals surface area contributed by atoms with E-state index >= 15 is 0 Å². The smallest absolute Gasteiger partial charge is 0.323 e. The number of carboxylic acids is 1. The maximum absolute atomic E-state index is 13.2. The van der Waals surface area contributed by atoms with E-state index in [0.29, 0.717) is 36.4 Å². The largest absolute Gasteiger partial charge is 0.480 e. The van der Waals surface area contributed by atoms with Crippen LogP contribution in [0.3, 0.4) is 0 Å². The highest BCUT2D eigenvalue weighted by atomic mass is 35.5. The second-order valence-electron chi connectivity index (χ2n) is 7.89. The number of halogens is 2. The molecule has 1 fully saturated rings. The minimum Gasteiger partial charge on any atom is -0.480 e. The predicted octanol–water partition coefficient (Wildman–Crippen LogP) is 3.92. The number of anilines is 1. The summed E-state index contributed by atoms with van der Waals surface area (Å²) in [6.45, 7) is -0.246. The van der Waals surface area contributed by atoms with Gasteiger partial charge in [-0.05, 0) is 67.6 Å². The van der Waals surface area contributed by atoms with Crippen molar-refractivity contribution in [3.05, 3.63) is 64.9 Å². The van der Waals surface area contributed by atoms with E-state index in [1.165, 1.54) is 17.0 Å². The van der Waals surface area contributed by atoms with Crippen LogP contribution in [-0.4, -0.2) is 45.7 Å². The van der Waals surface area contributed by atoms with Crippen molar-refractivity contribution in [3.63, 3.8) is 0 Å². The summed E-state index contributed by atoms with van der Waals surface area (Å²) in [5, 5.41) is 23.6. The molecular formula is C23H26ClFN2O4. The van der Waals surface area contributed by atoms with E-state index < -0.39 is 18.6 Å². The zero-order valence-corrected chi connectivity index (χ0v) is 17.8. The summed E-state index contributed by atoms with van der Waals surface area (Å²) in [6.07, 6.45) is 1.26. The minimum atomic E-state index is -1.08. The van der Waals surface area contributed by atoms with Crippen LogP contribution in [0.4, 0.5) is 10.1 Å². The highest BCUT2D eigenvalue weighted by Gasteiger charge is 2.32. The van der Waals surface area contributed by atoms with Crippen LogP contribution >= 0.6 is 11.6 Å². The van der Waals surface area contributed by atoms with Gasteiger partial charge in [-0.3, -0.25) is 9.59 Å². The zero-order chi connectivity index (χ0) is 22.4. The zero-order valence-electron chi connectivity index (χ0n) is 17.0. The minimum absolute atomic E-state index is 0.155. The summed E-state index contributed by atoms with van der Waals surface area (Å²) in [6, 6.07) is 12.6. The number of nitrogens with zero attached hydrogens (tertiary/aromatic N) is 1. The topological polar surface area (TPSA) is 89.9 Å². The van der Waals surface area contributed by atoms with Crippen molar-refractivity contribution in [2.24, 2.45) is 5.92 Å². The van der Waals surface area contributed by atoms with Gasteiger partial charge in [0, 0.05) is 23.2 Å². The lowest BCUT2D eigenvalue weighted by Gasteiger charge is -2.26. The van der Waals surface area contributed by atoms with Crippen molar-refractivity contribution in [1.82, 2.24) is 4.90 Å². The Balaban J connectivity index is 1.67. The van der Waals surface area contributed by atoms with Crippen LogP contribution in [0.5, 0.6) is 0 Å². The van der Waals surface area contributed by atoms with Crippen molar-refractivity contribution >= 4 is 29.2 Å². The van der Waals surface area contributed by atoms with Crippen molar-refractivity contribution < 1.29 is 24.2 Å². The number of aliphatic carboxylic acids is 1. The number of rotatable bonds is 7. The predicted molar refractivity (Wildman–Crippen MR) is 116 cm³/mol. The molecule has 166 valence electrons. The van der Waals surface area contributed by atoms with E-state index in [-0.39, 0.29) is 30.2 Å². The van der Waals surface area contributed by atoms with Crippen molar-refractivity contribution in [2.75, 3.05) is 11.9 Å². The molecule has 1 aliphatic rings. The number of nitrogens with one attached hydrogen (secondary N) is 1. The number of amides is 1. The van der Waals surface area contributed by atoms with E-state index in [2.05, 4.69) is 5.32 Å². The number of carboxylic acid groups (broad SMARTS) is 1. The highest BCUT2D eigenvalue weighted by Crippen LogP contribution is 2.28. The molecule has 2 aromatic rings. The van der Waals surface area contributed by atoms with Crippen LogP contribution in [0, 0.1) is 11.7 Å². The molecule has 0 aromatic heterocycles. The van der Waals surface area contributed by atoms with Crippen molar-refractivity contribution in [2.45, 2.75) is 44.4 Å². The molecular weight excluding hydrogens is 423 g/mol. The Morgan fingerprint density at radius 2 is 1.81 bits per heavy atom. The Morgan fingerprint density at radius 1 is 1.10 bits per heavy atom. The van der Waals surface area contributed by atoms with Crippen LogP contribution < -0.4 is 5.32 Å². The summed E-state index contributed by atoms with van der Waals surface area (Å²) in [7, 11) is 0. The SMILES string of the molecule is O=C(O)CN(Cc1cccc(Cl)c1)C(=O)[C@@H]1CC[C@H](Nc2ccc(F)cc2)[C@@H](O)CC1. The monoisotopic (exact) mass is 448 g/mol. The molecule has 8 heteroatoms. The first-order valence-corrected chi connectivity index (χ1v) is 10.6. The Bertz CT molecular complexity index is 909. The molecule has 6 nitrogen and oxygen atoms in total. The number of aliphatic hydroxyl groups excluding tert-OH is 1. The number of carbonyl (C=O) groups excluding carboxylic acids is 1. The van der Waals surface area contributed by atoms with Crippen LogP contribution in [0.25, 0.3) is 0 Å². The molecule has 1 aliphatic carbocycles. The average Bonchev–Trinajstić information content (AvgIpc) is 2.90. The number of hydrogen-bond acceptors (Lipinski definition) is 4. The molecule has 0 aliphatic heterocycles. The molecule has 0 bridgehead atoms. The van der Waals surface area contributed by atoms with Crippen LogP contribution in [0.1, 0.15) is 31.2 Å². The Hall–Kier alpha value is -2.64. The first kappa shape index (κ1) is 23.0. The van der Waals surface area contributed by atoms with Crippen LogP contribution in [0.2, 0.25) is 5.02 Å². The molecule has 3 rings (SSSR count). The normalized spacial score (nSPS) is 21.2. The second kappa shape index (κ2) is 10.6. The standard InChI is InChI=1S/C23H26ClFN2O4/c24-17-3-1-2-15(12-17)13-27(14-22(29)30)23(31)16-4-10-20(21(28)11-5-16)26-19-8-6-18(25)7-9-19/h1-3,6-9,12,16,20-21,26,28H,4-5,10-11,13-14H2,(H,29,30)/t16-,20+,21+/m1/s1. The summed E-state index contributed by atoms with van der Waals surface area (Å²) >= 11 is 6.02. The Morgan fingerprint density at radius 3 is 2.48 bits per heavy atom. The lowest BCUT2D eigenvalue weighted by Crippen LogP contribution is -2.39. The summed E-state index contributed by atoms with van der Waals surface area (Å²) < 4.78 is 13.1. The van der Waals surface area contributed by atoms with E-state index in [0.717, 1.165) is 5.56 Å². The first-order valence-electron chi connectivity index (χ1n) is 10.3. The van der Waals surface area contributed by atoms with E-state index in [9.17, 15) is 24.2 Å². The molecule has 0 saturated heterocycles. The molecule has 31 heavy (non-hydrogen) atoms. The van der Waals surface area contributed by atoms with Gasteiger partial charge >= 0.3 is 5.97 Å².